The summed E-state index contributed by atoms with van der Waals surface area (Å²) in [7, 11) is -0.726. The van der Waals surface area contributed by atoms with Crippen LogP contribution in [0.25, 0.3) is 10.1 Å². The average Bonchev–Trinajstić information content (AvgIpc) is 2.96. The summed E-state index contributed by atoms with van der Waals surface area (Å²) in [5.74, 6) is -0.753. The Balaban J connectivity index is 2.05. The standard InChI is InChI=1S/C20H21FN2O3S2/c1-11-9-14(28(25,26)23(4)5)10-16(12(11)2)22-20(24)19-13(3)18-15(21)7-6-8-17(18)27-19/h6-10H,1-5H3,(H,22,24). The Labute approximate surface area is 167 Å². The fourth-order valence-corrected chi connectivity index (χ4v) is 5.10. The molecular formula is C20H21FN2O3S2. The van der Waals surface area contributed by atoms with Crippen LogP contribution in [0.2, 0.25) is 0 Å². The second-order valence-electron chi connectivity index (χ2n) is 6.82. The van der Waals surface area contributed by atoms with Crippen LogP contribution in [0.15, 0.2) is 35.2 Å². The van der Waals surface area contributed by atoms with Gasteiger partial charge in [0.2, 0.25) is 10.0 Å². The molecule has 148 valence electrons. The van der Waals surface area contributed by atoms with Gasteiger partial charge in [0, 0.05) is 29.9 Å². The molecule has 0 bridgehead atoms. The quantitative estimate of drug-likeness (QED) is 0.677. The fraction of sp³-hybridized carbons (Fsp3) is 0.250. The Morgan fingerprint density at radius 1 is 1.11 bits per heavy atom. The van der Waals surface area contributed by atoms with Gasteiger partial charge < -0.3 is 5.32 Å². The molecule has 2 aromatic carbocycles. The molecule has 0 radical (unpaired) electrons. The van der Waals surface area contributed by atoms with E-state index in [9.17, 15) is 17.6 Å². The lowest BCUT2D eigenvalue weighted by Gasteiger charge is -2.16. The number of thiophene rings is 1. The fourth-order valence-electron chi connectivity index (χ4n) is 2.96. The van der Waals surface area contributed by atoms with Crippen molar-refractivity contribution in [2.45, 2.75) is 25.7 Å². The second kappa shape index (κ2) is 7.27. The maximum Gasteiger partial charge on any atom is 0.266 e. The van der Waals surface area contributed by atoms with Crippen LogP contribution in [0.3, 0.4) is 0 Å². The van der Waals surface area contributed by atoms with Gasteiger partial charge in [-0.1, -0.05) is 6.07 Å². The number of hydrogen-bond donors (Lipinski definition) is 1. The molecule has 0 unspecified atom stereocenters. The van der Waals surface area contributed by atoms with E-state index in [1.54, 1.807) is 32.0 Å². The van der Waals surface area contributed by atoms with Crippen LogP contribution < -0.4 is 5.32 Å². The molecule has 8 heteroatoms. The topological polar surface area (TPSA) is 66.5 Å². The molecule has 0 aliphatic rings. The Morgan fingerprint density at radius 2 is 1.79 bits per heavy atom. The van der Waals surface area contributed by atoms with E-state index in [0.29, 0.717) is 26.2 Å². The van der Waals surface area contributed by atoms with Gasteiger partial charge in [0.05, 0.1) is 9.77 Å². The van der Waals surface area contributed by atoms with Crippen LogP contribution in [0.1, 0.15) is 26.4 Å². The van der Waals surface area contributed by atoms with Crippen molar-refractivity contribution in [2.24, 2.45) is 0 Å². The van der Waals surface area contributed by atoms with Crippen molar-refractivity contribution < 1.29 is 17.6 Å². The number of aryl methyl sites for hydroxylation is 2. The third-order valence-electron chi connectivity index (χ3n) is 4.78. The minimum Gasteiger partial charge on any atom is -0.321 e. The number of halogens is 1. The molecule has 1 aromatic heterocycles. The highest BCUT2D eigenvalue weighted by molar-refractivity contribution is 7.89. The molecule has 0 atom stereocenters. The van der Waals surface area contributed by atoms with Crippen molar-refractivity contribution in [3.05, 3.63) is 57.7 Å². The minimum atomic E-state index is -3.64. The third kappa shape index (κ3) is 3.43. The van der Waals surface area contributed by atoms with Gasteiger partial charge in [-0.15, -0.1) is 11.3 Å². The van der Waals surface area contributed by atoms with Gasteiger partial charge in [-0.2, -0.15) is 0 Å². The first-order valence-electron chi connectivity index (χ1n) is 8.56. The zero-order chi connectivity index (χ0) is 20.8. The van der Waals surface area contributed by atoms with E-state index < -0.39 is 10.0 Å². The van der Waals surface area contributed by atoms with E-state index in [2.05, 4.69) is 5.32 Å². The molecule has 0 saturated heterocycles. The van der Waals surface area contributed by atoms with E-state index in [0.717, 1.165) is 15.4 Å². The van der Waals surface area contributed by atoms with Crippen LogP contribution in [-0.2, 0) is 10.0 Å². The zero-order valence-corrected chi connectivity index (χ0v) is 17.9. The van der Waals surface area contributed by atoms with Gasteiger partial charge >= 0.3 is 0 Å². The molecule has 0 aliphatic heterocycles. The molecule has 5 nitrogen and oxygen atoms in total. The molecule has 1 amide bonds. The molecule has 1 N–H and O–H groups in total. The number of benzene rings is 2. The lowest BCUT2D eigenvalue weighted by molar-refractivity contribution is 0.103. The van der Waals surface area contributed by atoms with Crippen molar-refractivity contribution in [1.29, 1.82) is 0 Å². The van der Waals surface area contributed by atoms with Gasteiger partial charge in [0.15, 0.2) is 0 Å². The molecule has 1 heterocycles. The monoisotopic (exact) mass is 420 g/mol. The Morgan fingerprint density at radius 3 is 2.39 bits per heavy atom. The van der Waals surface area contributed by atoms with Gasteiger partial charge in [-0.25, -0.2) is 17.1 Å². The largest absolute Gasteiger partial charge is 0.321 e. The predicted molar refractivity (Wildman–Crippen MR) is 111 cm³/mol. The summed E-state index contributed by atoms with van der Waals surface area (Å²) in [6.07, 6.45) is 0. The molecule has 0 saturated carbocycles. The Hall–Kier alpha value is -2.29. The van der Waals surface area contributed by atoms with Crippen LogP contribution >= 0.6 is 11.3 Å². The number of hydrogen-bond acceptors (Lipinski definition) is 4. The van der Waals surface area contributed by atoms with Gasteiger partial charge in [-0.3, -0.25) is 4.79 Å². The van der Waals surface area contributed by atoms with Crippen molar-refractivity contribution in [3.8, 4) is 0 Å². The van der Waals surface area contributed by atoms with Crippen molar-refractivity contribution in [3.63, 3.8) is 0 Å². The molecule has 28 heavy (non-hydrogen) atoms. The number of carbonyl (C=O) groups excluding carboxylic acids is 1. The van der Waals surface area contributed by atoms with Crippen LogP contribution in [0.4, 0.5) is 10.1 Å². The number of amides is 1. The molecule has 3 rings (SSSR count). The highest BCUT2D eigenvalue weighted by Gasteiger charge is 2.22. The first-order valence-corrected chi connectivity index (χ1v) is 10.8. The smallest absolute Gasteiger partial charge is 0.266 e. The summed E-state index contributed by atoms with van der Waals surface area (Å²) in [4.78, 5) is 13.4. The second-order valence-corrected chi connectivity index (χ2v) is 10.0. The number of nitrogens with one attached hydrogen (secondary N) is 1. The van der Waals surface area contributed by atoms with E-state index in [4.69, 9.17) is 0 Å². The van der Waals surface area contributed by atoms with Gasteiger partial charge in [0.1, 0.15) is 5.82 Å². The molecular weight excluding hydrogens is 399 g/mol. The number of sulfonamides is 1. The number of rotatable bonds is 4. The Kier molecular flexibility index (Phi) is 5.31. The Bertz CT molecular complexity index is 1200. The number of anilines is 1. The number of nitrogens with zero attached hydrogens (tertiary/aromatic N) is 1. The number of carbonyl (C=O) groups is 1. The lowest BCUT2D eigenvalue weighted by Crippen LogP contribution is -2.23. The number of fused-ring (bicyclic) bond motifs is 1. The van der Waals surface area contributed by atoms with Crippen molar-refractivity contribution >= 4 is 43.0 Å². The van der Waals surface area contributed by atoms with Crippen LogP contribution in [-0.4, -0.2) is 32.7 Å². The summed E-state index contributed by atoms with van der Waals surface area (Å²) < 4.78 is 40.9. The molecule has 0 aliphatic carbocycles. The first-order chi connectivity index (χ1) is 13.0. The summed E-state index contributed by atoms with van der Waals surface area (Å²) in [6.45, 7) is 5.32. The summed E-state index contributed by atoms with van der Waals surface area (Å²) in [6, 6.07) is 7.79. The predicted octanol–water partition coefficient (Wildman–Crippen LogP) is 4.47. The normalized spacial score (nSPS) is 12.0. The first kappa shape index (κ1) is 20.4. The van der Waals surface area contributed by atoms with Gasteiger partial charge in [0.25, 0.3) is 5.91 Å². The highest BCUT2D eigenvalue weighted by Crippen LogP contribution is 2.34. The zero-order valence-electron chi connectivity index (χ0n) is 16.3. The maximum absolute atomic E-state index is 14.1. The van der Waals surface area contributed by atoms with E-state index >= 15 is 0 Å². The van der Waals surface area contributed by atoms with E-state index in [1.165, 1.54) is 37.6 Å². The van der Waals surface area contributed by atoms with Crippen molar-refractivity contribution in [1.82, 2.24) is 4.31 Å². The molecule has 3 aromatic rings. The minimum absolute atomic E-state index is 0.106. The summed E-state index contributed by atoms with van der Waals surface area (Å²) >= 11 is 1.21. The molecule has 0 spiro atoms. The lowest BCUT2D eigenvalue weighted by atomic mass is 10.1. The SMILES string of the molecule is Cc1cc(S(=O)(=O)N(C)C)cc(NC(=O)c2sc3cccc(F)c3c2C)c1C. The third-order valence-corrected chi connectivity index (χ3v) is 7.83. The van der Waals surface area contributed by atoms with Gasteiger partial charge in [-0.05, 0) is 61.7 Å². The maximum atomic E-state index is 14.1. The van der Waals surface area contributed by atoms with E-state index in [-0.39, 0.29) is 16.6 Å². The average molecular weight is 421 g/mol. The highest BCUT2D eigenvalue weighted by atomic mass is 32.2. The van der Waals surface area contributed by atoms with Crippen molar-refractivity contribution in [2.75, 3.05) is 19.4 Å². The van der Waals surface area contributed by atoms with Crippen LogP contribution in [0, 0.1) is 26.6 Å². The summed E-state index contributed by atoms with van der Waals surface area (Å²) in [5.41, 5.74) is 2.51. The van der Waals surface area contributed by atoms with Crippen LogP contribution in [0.5, 0.6) is 0 Å². The van der Waals surface area contributed by atoms with E-state index in [1.807, 2.05) is 6.92 Å². The summed E-state index contributed by atoms with van der Waals surface area (Å²) in [5, 5.41) is 3.25. The molecule has 0 fully saturated rings.